The van der Waals surface area contributed by atoms with Crippen molar-refractivity contribution in [2.45, 2.75) is 66.8 Å². The molecule has 0 spiro atoms. The fraction of sp³-hybridized carbons (Fsp3) is 0.550. The third kappa shape index (κ3) is 6.33. The number of alkyl halides is 5. The lowest BCUT2D eigenvalue weighted by Gasteiger charge is -2.27. The summed E-state index contributed by atoms with van der Waals surface area (Å²) in [6, 6.07) is 2.89. The maximum absolute atomic E-state index is 13.2. The van der Waals surface area contributed by atoms with Crippen molar-refractivity contribution in [2.75, 3.05) is 0 Å². The molecule has 0 atom stereocenters. The third-order valence-electron chi connectivity index (χ3n) is 4.69. The molecule has 172 valence electrons. The minimum absolute atomic E-state index is 0.0256. The molecular weight excluding hydrogens is 425 g/mol. The highest BCUT2D eigenvalue weighted by Gasteiger charge is 2.47. The van der Waals surface area contributed by atoms with Crippen LogP contribution in [0.25, 0.3) is 11.3 Å². The van der Waals surface area contributed by atoms with E-state index in [0.717, 1.165) is 25.1 Å². The fourth-order valence-corrected chi connectivity index (χ4v) is 2.99. The van der Waals surface area contributed by atoms with Crippen molar-refractivity contribution in [3.63, 3.8) is 0 Å². The molecule has 0 amide bonds. The number of aromatic nitrogens is 3. The molecule has 0 bridgehead atoms. The summed E-state index contributed by atoms with van der Waals surface area (Å²) >= 11 is 0. The molecule has 0 aliphatic carbocycles. The van der Waals surface area contributed by atoms with E-state index < -0.39 is 30.5 Å². The Labute approximate surface area is 176 Å². The van der Waals surface area contributed by atoms with Crippen molar-refractivity contribution in [3.8, 4) is 17.1 Å². The van der Waals surface area contributed by atoms with E-state index in [4.69, 9.17) is 9.59 Å². The van der Waals surface area contributed by atoms with Crippen LogP contribution in [0.1, 0.15) is 44.6 Å². The van der Waals surface area contributed by atoms with Crippen LogP contribution in [0.2, 0.25) is 0 Å². The van der Waals surface area contributed by atoms with Crippen LogP contribution in [0.4, 0.5) is 22.0 Å². The predicted octanol–water partition coefficient (Wildman–Crippen LogP) is 4.98. The molecule has 0 fully saturated rings. The van der Waals surface area contributed by atoms with Crippen LogP contribution in [0.3, 0.4) is 0 Å². The summed E-state index contributed by atoms with van der Waals surface area (Å²) in [5, 5.41) is 4.45. The first kappa shape index (κ1) is 26.2. The fourth-order valence-electron chi connectivity index (χ4n) is 2.99. The Balaban J connectivity index is 0.00000151. The normalized spacial score (nSPS) is 11.7. The van der Waals surface area contributed by atoms with Gasteiger partial charge in [-0.05, 0) is 38.0 Å². The van der Waals surface area contributed by atoms with E-state index in [1.54, 1.807) is 4.68 Å². The molecular formula is C20H24F5N3O3. The summed E-state index contributed by atoms with van der Waals surface area (Å²) in [6.07, 6.45) is -4.00. The average Bonchev–Trinajstić information content (AvgIpc) is 2.96. The van der Waals surface area contributed by atoms with E-state index in [1.807, 2.05) is 20.8 Å². The summed E-state index contributed by atoms with van der Waals surface area (Å²) in [6.45, 7) is 5.03. The Bertz CT molecular complexity index is 918. The molecule has 31 heavy (non-hydrogen) atoms. The van der Waals surface area contributed by atoms with E-state index in [0.29, 0.717) is 18.7 Å². The van der Waals surface area contributed by atoms with Gasteiger partial charge < -0.3 is 4.74 Å². The molecule has 2 rings (SSSR count). The smallest absolute Gasteiger partial charge is 0.394 e. The summed E-state index contributed by atoms with van der Waals surface area (Å²) in [7, 11) is 0. The number of ether oxygens (including phenoxy) is 1. The lowest BCUT2D eigenvalue weighted by molar-refractivity contribution is -0.211. The molecule has 2 aromatic heterocycles. The Morgan fingerprint density at radius 1 is 1.16 bits per heavy atom. The zero-order valence-corrected chi connectivity index (χ0v) is 17.8. The van der Waals surface area contributed by atoms with Crippen molar-refractivity contribution in [2.24, 2.45) is 5.41 Å². The molecule has 0 N–H and O–H groups in total. The van der Waals surface area contributed by atoms with Gasteiger partial charge in [0, 0.05) is 18.7 Å². The van der Waals surface area contributed by atoms with Gasteiger partial charge in [-0.25, -0.2) is 4.98 Å². The molecule has 0 aromatic carbocycles. The highest BCUT2D eigenvalue weighted by Crippen LogP contribution is 2.41. The Hall–Kier alpha value is -2.81. The SMILES string of the molecule is CCc1nn(CC)c(-c2ccc(CC(C)(C)C(F)(F)F)nc2OC(F)F)c1C.O=C=O. The van der Waals surface area contributed by atoms with Gasteiger partial charge in [0.15, 0.2) is 0 Å². The molecule has 0 saturated heterocycles. The van der Waals surface area contributed by atoms with Gasteiger partial charge in [0.25, 0.3) is 0 Å². The first-order valence-electron chi connectivity index (χ1n) is 9.40. The van der Waals surface area contributed by atoms with Gasteiger partial charge in [-0.3, -0.25) is 4.68 Å². The van der Waals surface area contributed by atoms with Gasteiger partial charge >= 0.3 is 18.9 Å². The molecule has 2 heterocycles. The lowest BCUT2D eigenvalue weighted by atomic mass is 9.87. The van der Waals surface area contributed by atoms with Gasteiger partial charge in [-0.1, -0.05) is 20.8 Å². The highest BCUT2D eigenvalue weighted by atomic mass is 19.4. The van der Waals surface area contributed by atoms with Crippen LogP contribution < -0.4 is 4.74 Å². The second-order valence-electron chi connectivity index (χ2n) is 7.27. The van der Waals surface area contributed by atoms with Crippen molar-refractivity contribution in [1.29, 1.82) is 0 Å². The van der Waals surface area contributed by atoms with Gasteiger partial charge in [0.2, 0.25) is 5.88 Å². The molecule has 2 aromatic rings. The van der Waals surface area contributed by atoms with Crippen LogP contribution >= 0.6 is 0 Å². The number of aryl methyl sites for hydroxylation is 2. The minimum Gasteiger partial charge on any atom is -0.416 e. The quantitative estimate of drug-likeness (QED) is 0.557. The highest BCUT2D eigenvalue weighted by molar-refractivity contribution is 5.69. The van der Waals surface area contributed by atoms with Gasteiger partial charge in [-0.15, -0.1) is 0 Å². The molecule has 6 nitrogen and oxygen atoms in total. The van der Waals surface area contributed by atoms with E-state index in [2.05, 4.69) is 14.8 Å². The van der Waals surface area contributed by atoms with Crippen molar-refractivity contribution >= 4 is 6.15 Å². The topological polar surface area (TPSA) is 74.1 Å². The van der Waals surface area contributed by atoms with E-state index in [9.17, 15) is 22.0 Å². The lowest BCUT2D eigenvalue weighted by Crippen LogP contribution is -2.34. The van der Waals surface area contributed by atoms with Gasteiger partial charge in [-0.2, -0.15) is 36.6 Å². The minimum atomic E-state index is -4.45. The van der Waals surface area contributed by atoms with Crippen molar-refractivity contribution in [1.82, 2.24) is 14.8 Å². The van der Waals surface area contributed by atoms with Crippen molar-refractivity contribution < 1.29 is 36.3 Å². The Kier molecular flexibility index (Phi) is 8.86. The van der Waals surface area contributed by atoms with Crippen LogP contribution in [0.15, 0.2) is 12.1 Å². The zero-order chi connectivity index (χ0) is 24.0. The number of hydrogen-bond donors (Lipinski definition) is 0. The number of halogens is 5. The van der Waals surface area contributed by atoms with Crippen molar-refractivity contribution in [3.05, 3.63) is 29.1 Å². The summed E-state index contributed by atoms with van der Waals surface area (Å²) < 4.78 is 71.7. The molecule has 0 aliphatic rings. The second-order valence-corrected chi connectivity index (χ2v) is 7.27. The van der Waals surface area contributed by atoms with Crippen LogP contribution in [-0.4, -0.2) is 33.7 Å². The molecule has 0 aliphatic heterocycles. The molecule has 0 saturated carbocycles. The first-order chi connectivity index (χ1) is 14.3. The van der Waals surface area contributed by atoms with Crippen LogP contribution in [-0.2, 0) is 29.0 Å². The molecule has 0 unspecified atom stereocenters. The number of hydrogen-bond acceptors (Lipinski definition) is 5. The zero-order valence-electron chi connectivity index (χ0n) is 17.8. The monoisotopic (exact) mass is 449 g/mol. The first-order valence-corrected chi connectivity index (χ1v) is 9.40. The van der Waals surface area contributed by atoms with E-state index in [-0.39, 0.29) is 17.4 Å². The molecule has 11 heteroatoms. The summed E-state index contributed by atoms with van der Waals surface area (Å²) in [5.74, 6) is -0.397. The maximum atomic E-state index is 13.2. The van der Waals surface area contributed by atoms with Gasteiger partial charge in [0.05, 0.1) is 22.4 Å². The van der Waals surface area contributed by atoms with E-state index >= 15 is 0 Å². The second kappa shape index (κ2) is 10.5. The average molecular weight is 449 g/mol. The van der Waals surface area contributed by atoms with Gasteiger partial charge in [0.1, 0.15) is 0 Å². The number of carbonyl (C=O) groups excluding carboxylic acids is 2. The Morgan fingerprint density at radius 2 is 1.74 bits per heavy atom. The van der Waals surface area contributed by atoms with E-state index in [1.165, 1.54) is 12.1 Å². The largest absolute Gasteiger partial charge is 0.416 e. The summed E-state index contributed by atoms with van der Waals surface area (Å²) in [5.41, 5.74) is 0.429. The number of nitrogens with zero attached hydrogens (tertiary/aromatic N) is 3. The third-order valence-corrected chi connectivity index (χ3v) is 4.69. The molecule has 0 radical (unpaired) electrons. The summed E-state index contributed by atoms with van der Waals surface area (Å²) in [4.78, 5) is 20.2. The number of rotatable bonds is 7. The maximum Gasteiger partial charge on any atom is 0.394 e. The van der Waals surface area contributed by atoms with Crippen LogP contribution in [0.5, 0.6) is 5.88 Å². The van der Waals surface area contributed by atoms with Crippen LogP contribution in [0, 0.1) is 12.3 Å². The Morgan fingerprint density at radius 3 is 2.19 bits per heavy atom. The number of pyridine rings is 1. The predicted molar refractivity (Wildman–Crippen MR) is 100 cm³/mol. The standard InChI is InChI=1S/C19H24F5N3O.CO2/c1-6-14-11(3)15(27(7-2)26-14)13-9-8-12(25-16(13)28-17(20)21)10-18(4,5)19(22,23)24;2-1-3/h8-9,17H,6-7,10H2,1-5H3;.